The van der Waals surface area contributed by atoms with Crippen molar-refractivity contribution in [3.05, 3.63) is 42.0 Å². The van der Waals surface area contributed by atoms with Crippen LogP contribution in [0.15, 0.2) is 36.4 Å². The highest BCUT2D eigenvalue weighted by atomic mass is 79.9. The molecule has 0 aliphatic carbocycles. The van der Waals surface area contributed by atoms with Crippen molar-refractivity contribution in [3.63, 3.8) is 0 Å². The maximum absolute atomic E-state index is 14.1. The monoisotopic (exact) mass is 330 g/mol. The summed E-state index contributed by atoms with van der Waals surface area (Å²) in [6.07, 6.45) is 0.638. The number of hydrogen-bond donors (Lipinski definition) is 1. The fourth-order valence-corrected chi connectivity index (χ4v) is 1.55. The zero-order chi connectivity index (χ0) is 14.5. The topological polar surface area (TPSA) is 46.5 Å². The summed E-state index contributed by atoms with van der Waals surface area (Å²) in [4.78, 5) is 11.5. The molecule has 1 aromatic carbocycles. The SMILES string of the molecule is CC(C)OC(=O)[C@](F)(Br)[C@H](O)/C=C/c1ccccc1. The lowest BCUT2D eigenvalue weighted by Gasteiger charge is -2.21. The second-order valence-electron chi connectivity index (χ2n) is 4.29. The molecule has 104 valence electrons. The number of ether oxygens (including phenoxy) is 1. The Morgan fingerprint density at radius 3 is 2.53 bits per heavy atom. The highest BCUT2D eigenvalue weighted by Crippen LogP contribution is 2.28. The predicted octanol–water partition coefficient (Wildman–Crippen LogP) is 3.07. The highest BCUT2D eigenvalue weighted by molar-refractivity contribution is 9.10. The lowest BCUT2D eigenvalue weighted by Crippen LogP contribution is -2.41. The van der Waals surface area contributed by atoms with Gasteiger partial charge in [0.15, 0.2) is 0 Å². The first-order valence-corrected chi connectivity index (χ1v) is 6.63. The number of benzene rings is 1. The number of esters is 1. The van der Waals surface area contributed by atoms with Crippen LogP contribution >= 0.6 is 15.9 Å². The highest BCUT2D eigenvalue weighted by Gasteiger charge is 2.44. The van der Waals surface area contributed by atoms with E-state index in [1.807, 2.05) is 18.2 Å². The summed E-state index contributed by atoms with van der Waals surface area (Å²) in [5.74, 6) is -1.15. The van der Waals surface area contributed by atoms with Crippen molar-refractivity contribution in [2.24, 2.45) is 0 Å². The van der Waals surface area contributed by atoms with E-state index < -0.39 is 22.8 Å². The van der Waals surface area contributed by atoms with E-state index in [4.69, 9.17) is 4.74 Å². The number of halogens is 2. The van der Waals surface area contributed by atoms with E-state index in [2.05, 4.69) is 15.9 Å². The van der Waals surface area contributed by atoms with Gasteiger partial charge >= 0.3 is 5.97 Å². The van der Waals surface area contributed by atoms with Gasteiger partial charge in [-0.25, -0.2) is 9.18 Å². The molecule has 0 bridgehead atoms. The molecule has 1 rings (SSSR count). The van der Waals surface area contributed by atoms with E-state index in [9.17, 15) is 14.3 Å². The molecule has 0 saturated carbocycles. The van der Waals surface area contributed by atoms with Gasteiger partial charge in [-0.2, -0.15) is 0 Å². The van der Waals surface area contributed by atoms with Crippen molar-refractivity contribution in [2.45, 2.75) is 30.6 Å². The molecule has 3 nitrogen and oxygen atoms in total. The fraction of sp³-hybridized carbons (Fsp3) is 0.357. The molecule has 1 aromatic rings. The summed E-state index contributed by atoms with van der Waals surface area (Å²) in [7, 11) is 0. The van der Waals surface area contributed by atoms with Gasteiger partial charge in [0.05, 0.1) is 6.10 Å². The van der Waals surface area contributed by atoms with Gasteiger partial charge in [-0.1, -0.05) is 42.5 Å². The third-order valence-electron chi connectivity index (χ3n) is 2.26. The van der Waals surface area contributed by atoms with Crippen molar-refractivity contribution >= 4 is 28.0 Å². The molecule has 19 heavy (non-hydrogen) atoms. The Balaban J connectivity index is 2.73. The van der Waals surface area contributed by atoms with E-state index in [1.54, 1.807) is 26.0 Å². The minimum absolute atomic E-state index is 0.453. The molecule has 5 heteroatoms. The molecule has 1 N–H and O–H groups in total. The molecule has 0 heterocycles. The van der Waals surface area contributed by atoms with Crippen LogP contribution in [0.2, 0.25) is 0 Å². The largest absolute Gasteiger partial charge is 0.460 e. The molecule has 0 aliphatic rings. The third-order valence-corrected chi connectivity index (χ3v) is 3.05. The van der Waals surface area contributed by atoms with Crippen LogP contribution in [0.4, 0.5) is 4.39 Å². The summed E-state index contributed by atoms with van der Waals surface area (Å²) in [5, 5.41) is 9.71. The average Bonchev–Trinajstić information content (AvgIpc) is 2.36. The smallest absolute Gasteiger partial charge is 0.358 e. The Kier molecular flexibility index (Phi) is 5.69. The van der Waals surface area contributed by atoms with Crippen molar-refractivity contribution in [2.75, 3.05) is 0 Å². The zero-order valence-corrected chi connectivity index (χ0v) is 12.3. The second-order valence-corrected chi connectivity index (χ2v) is 5.45. The van der Waals surface area contributed by atoms with Gasteiger partial charge in [0, 0.05) is 0 Å². The van der Waals surface area contributed by atoms with Crippen LogP contribution in [-0.2, 0) is 9.53 Å². The van der Waals surface area contributed by atoms with Crippen LogP contribution < -0.4 is 0 Å². The van der Waals surface area contributed by atoms with Crippen LogP contribution in [0.3, 0.4) is 0 Å². The summed E-state index contributed by atoms with van der Waals surface area (Å²) in [6, 6.07) is 9.07. The number of carbonyl (C=O) groups excluding carboxylic acids is 1. The van der Waals surface area contributed by atoms with E-state index in [1.165, 1.54) is 12.2 Å². The molecule has 0 saturated heterocycles. The van der Waals surface area contributed by atoms with Gasteiger partial charge in [0.2, 0.25) is 0 Å². The number of aliphatic hydroxyl groups is 1. The maximum Gasteiger partial charge on any atom is 0.358 e. The van der Waals surface area contributed by atoms with Gasteiger partial charge in [0.25, 0.3) is 4.58 Å². The average molecular weight is 331 g/mol. The summed E-state index contributed by atoms with van der Waals surface area (Å²) in [5.41, 5.74) is 0.794. The van der Waals surface area contributed by atoms with Crippen molar-refractivity contribution in [1.82, 2.24) is 0 Å². The fourth-order valence-electron chi connectivity index (χ4n) is 1.30. The normalized spacial score (nSPS) is 16.3. The Hall–Kier alpha value is -1.20. The Bertz CT molecular complexity index is 443. The minimum Gasteiger partial charge on any atom is -0.460 e. The van der Waals surface area contributed by atoms with Crippen molar-refractivity contribution in [3.8, 4) is 0 Å². The van der Waals surface area contributed by atoms with E-state index in [0.29, 0.717) is 0 Å². The molecule has 0 unspecified atom stereocenters. The molecule has 2 atom stereocenters. The Labute approximate surface area is 120 Å². The second kappa shape index (κ2) is 6.82. The Morgan fingerprint density at radius 1 is 1.42 bits per heavy atom. The molecule has 0 aromatic heterocycles. The molecule has 0 spiro atoms. The first kappa shape index (κ1) is 15.9. The van der Waals surface area contributed by atoms with Gasteiger partial charge in [0.1, 0.15) is 6.10 Å². The molecule has 0 amide bonds. The molecular formula is C14H16BrFO3. The molecule has 0 aliphatic heterocycles. The Morgan fingerprint density at radius 2 is 2.00 bits per heavy atom. The number of carbonyl (C=O) groups is 1. The first-order chi connectivity index (χ1) is 8.84. The lowest BCUT2D eigenvalue weighted by molar-refractivity contribution is -0.158. The summed E-state index contributed by atoms with van der Waals surface area (Å²) < 4.78 is 16.2. The molecule has 0 fully saturated rings. The summed E-state index contributed by atoms with van der Waals surface area (Å²) >= 11 is 2.57. The third kappa shape index (κ3) is 4.76. The van der Waals surface area contributed by atoms with Gasteiger partial charge in [-0.3, -0.25) is 0 Å². The van der Waals surface area contributed by atoms with Gasteiger partial charge in [-0.15, -0.1) is 0 Å². The van der Waals surface area contributed by atoms with E-state index >= 15 is 0 Å². The number of hydrogen-bond acceptors (Lipinski definition) is 3. The molecular weight excluding hydrogens is 315 g/mol. The van der Waals surface area contributed by atoms with Gasteiger partial charge in [-0.05, 0) is 35.3 Å². The van der Waals surface area contributed by atoms with Crippen molar-refractivity contribution < 1.29 is 19.0 Å². The van der Waals surface area contributed by atoms with E-state index in [0.717, 1.165) is 5.56 Å². The van der Waals surface area contributed by atoms with Crippen LogP contribution in [0.1, 0.15) is 19.4 Å². The number of aliphatic hydroxyl groups excluding tert-OH is 1. The minimum atomic E-state index is -2.65. The van der Waals surface area contributed by atoms with Crippen molar-refractivity contribution in [1.29, 1.82) is 0 Å². The number of rotatable bonds is 5. The van der Waals surface area contributed by atoms with Crippen LogP contribution in [0.5, 0.6) is 0 Å². The van der Waals surface area contributed by atoms with Crippen LogP contribution in [0, 0.1) is 0 Å². The van der Waals surface area contributed by atoms with E-state index in [-0.39, 0.29) is 0 Å². The predicted molar refractivity (Wildman–Crippen MR) is 75.5 cm³/mol. The zero-order valence-electron chi connectivity index (χ0n) is 10.7. The standard InChI is InChI=1S/C14H16BrFO3/c1-10(2)19-13(18)14(15,16)12(17)9-8-11-6-4-3-5-7-11/h3-10,12,17H,1-2H3/b9-8+/t12-,14+/m1/s1. The maximum atomic E-state index is 14.1. The van der Waals surface area contributed by atoms with Gasteiger partial charge < -0.3 is 9.84 Å². The molecule has 0 radical (unpaired) electrons. The first-order valence-electron chi connectivity index (χ1n) is 5.84. The quantitative estimate of drug-likeness (QED) is 0.666. The van der Waals surface area contributed by atoms with Crippen LogP contribution in [-0.4, -0.2) is 27.9 Å². The number of alkyl halides is 2. The van der Waals surface area contributed by atoms with Crippen LogP contribution in [0.25, 0.3) is 6.08 Å². The lowest BCUT2D eigenvalue weighted by atomic mass is 10.1. The summed E-state index contributed by atoms with van der Waals surface area (Å²) in [6.45, 7) is 3.21.